The zero-order chi connectivity index (χ0) is 53.8. The lowest BCUT2D eigenvalue weighted by Crippen LogP contribution is -2.27. The maximum atomic E-state index is 5.41. The molecule has 2 atom stereocenters. The zero-order valence-corrected chi connectivity index (χ0v) is 45.8. The Morgan fingerprint density at radius 1 is 0.232 bits per heavy atom. The van der Waals surface area contributed by atoms with Crippen LogP contribution in [0.15, 0.2) is 267 Å². The Morgan fingerprint density at radius 3 is 1.05 bits per heavy atom. The van der Waals surface area contributed by atoms with Crippen LogP contribution in [0.4, 0.5) is 0 Å². The first-order chi connectivity index (χ1) is 40.6. The summed E-state index contributed by atoms with van der Waals surface area (Å²) in [5.74, 6) is 1.45. The zero-order valence-electron chi connectivity index (χ0n) is 44.2. The van der Waals surface area contributed by atoms with Crippen LogP contribution in [0.3, 0.4) is 0 Å². The minimum absolute atomic E-state index is 0.0281. The summed E-state index contributed by atoms with van der Waals surface area (Å²) in [5, 5.41) is 5.11. The predicted molar refractivity (Wildman–Crippen MR) is 342 cm³/mol. The molecule has 4 nitrogen and oxygen atoms in total. The number of aromatic nitrogens is 4. The Hall–Kier alpha value is -9.98. The first-order valence-corrected chi connectivity index (χ1v) is 29.5. The molecule has 0 N–H and O–H groups in total. The number of rotatable bonds is 8. The van der Waals surface area contributed by atoms with Crippen LogP contribution < -0.4 is 0 Å². The Labute approximate surface area is 482 Å². The highest BCUT2D eigenvalue weighted by Gasteiger charge is 2.41. The Bertz CT molecular complexity index is 4760. The highest BCUT2D eigenvalue weighted by Crippen LogP contribution is 2.57. The van der Waals surface area contributed by atoms with Crippen LogP contribution in [-0.2, 0) is 0 Å². The van der Waals surface area contributed by atoms with Crippen LogP contribution >= 0.6 is 22.7 Å². The van der Waals surface area contributed by atoms with Gasteiger partial charge in [-0.3, -0.25) is 0 Å². The average Bonchev–Trinajstić information content (AvgIpc) is 2.44. The van der Waals surface area contributed by atoms with Crippen molar-refractivity contribution < 1.29 is 0 Å². The van der Waals surface area contributed by atoms with E-state index in [0.29, 0.717) is 11.6 Å². The van der Waals surface area contributed by atoms with Gasteiger partial charge >= 0.3 is 0 Å². The molecule has 2 unspecified atom stereocenters. The molecule has 382 valence electrons. The second kappa shape index (κ2) is 18.8. The van der Waals surface area contributed by atoms with Crippen LogP contribution in [-0.4, -0.2) is 19.9 Å². The summed E-state index contributed by atoms with van der Waals surface area (Å²) in [5.41, 5.74) is 22.5. The van der Waals surface area contributed by atoms with E-state index in [9.17, 15) is 0 Å². The van der Waals surface area contributed by atoms with Crippen LogP contribution in [0.2, 0.25) is 0 Å². The van der Waals surface area contributed by atoms with Crippen molar-refractivity contribution in [3.8, 4) is 90.1 Å². The molecule has 0 saturated carbocycles. The largest absolute Gasteiger partial charge is 0.228 e. The summed E-state index contributed by atoms with van der Waals surface area (Å²) in [6, 6.07) is 96.8. The first kappa shape index (κ1) is 46.9. The summed E-state index contributed by atoms with van der Waals surface area (Å²) in [6.45, 7) is 0. The molecule has 4 aromatic heterocycles. The summed E-state index contributed by atoms with van der Waals surface area (Å²) in [6.07, 6.45) is 0. The van der Waals surface area contributed by atoms with Crippen molar-refractivity contribution in [3.63, 3.8) is 0 Å². The number of fused-ring (bicyclic) bond motifs is 6. The van der Waals surface area contributed by atoms with Crippen LogP contribution in [0, 0.1) is 0 Å². The third-order valence-corrected chi connectivity index (χ3v) is 19.2. The number of benzene rings is 11. The molecule has 0 amide bonds. The fourth-order valence-electron chi connectivity index (χ4n) is 13.3. The molecule has 82 heavy (non-hydrogen) atoms. The van der Waals surface area contributed by atoms with E-state index in [-0.39, 0.29) is 11.8 Å². The highest BCUT2D eigenvalue weighted by molar-refractivity contribution is 7.26. The predicted octanol–water partition coefficient (Wildman–Crippen LogP) is 20.3. The quantitative estimate of drug-likeness (QED) is 0.152. The highest BCUT2D eigenvalue weighted by atomic mass is 32.1. The van der Waals surface area contributed by atoms with Gasteiger partial charge in [-0.2, -0.15) is 0 Å². The van der Waals surface area contributed by atoms with Crippen LogP contribution in [0.1, 0.15) is 45.2 Å². The lowest BCUT2D eigenvalue weighted by atomic mass is 9.60. The third kappa shape index (κ3) is 7.49. The van der Waals surface area contributed by atoms with Crippen molar-refractivity contribution in [1.82, 2.24) is 19.9 Å². The normalized spacial score (nSPS) is 14.1. The van der Waals surface area contributed by atoms with Crippen molar-refractivity contribution in [2.75, 3.05) is 0 Å². The van der Waals surface area contributed by atoms with E-state index in [1.807, 2.05) is 22.7 Å². The fraction of sp³-hybridized carbons (Fsp3) is 0.0263. The van der Waals surface area contributed by atoms with Crippen molar-refractivity contribution in [1.29, 1.82) is 0 Å². The second-order valence-electron chi connectivity index (χ2n) is 21.5. The summed E-state index contributed by atoms with van der Waals surface area (Å²) in [4.78, 5) is 21.6. The lowest BCUT2D eigenvalue weighted by Gasteiger charge is -2.42. The standard InChI is InChI=1S/C76H46N4S2/c1-3-19-45(20-4-1)75-77-63(43-65(79-75)51-25-9-7-23-49(51)53-31-17-35-69-73(53)59-29-13-15-33-67(59)81-69)47-37-39-57-61(41-47)71-55-27-11-12-28-56(55)72(57)62-42-48(38-40-58(62)71)64-44-66(80-76(78-64)46-21-5-2-6-22-46)52-26-10-8-24-50(52)54-32-18-36-70-74(54)60-30-14-16-34-68(60)82-70/h1-44,71-72H. The molecule has 0 saturated heterocycles. The molecule has 0 aliphatic heterocycles. The molecule has 15 aromatic rings. The number of nitrogens with zero attached hydrogens (tertiary/aromatic N) is 4. The van der Waals surface area contributed by atoms with Crippen molar-refractivity contribution in [2.45, 2.75) is 11.8 Å². The van der Waals surface area contributed by atoms with Crippen LogP contribution in [0.25, 0.3) is 130 Å². The molecule has 4 heterocycles. The monoisotopic (exact) mass is 1080 g/mol. The molecule has 0 fully saturated rings. The minimum Gasteiger partial charge on any atom is -0.228 e. The molecule has 11 aromatic carbocycles. The SMILES string of the molecule is c1ccc(-c2nc(-c3ccc4c(c3)C3c5ccccc5C4c4cc(-c5cc(-c6ccccc6-c6cccc7sc8ccccc8c67)nc(-c6ccccc6)n5)ccc43)cc(-c3ccccc3-c3cccc4sc5ccccc5c34)n2)cc1. The molecule has 0 radical (unpaired) electrons. The van der Waals surface area contributed by atoms with Gasteiger partial charge in [-0.15, -0.1) is 22.7 Å². The van der Waals surface area contributed by atoms with E-state index in [2.05, 4.69) is 267 Å². The van der Waals surface area contributed by atoms with Gasteiger partial charge in [0.05, 0.1) is 22.8 Å². The van der Waals surface area contributed by atoms with Gasteiger partial charge in [-0.1, -0.05) is 218 Å². The van der Waals surface area contributed by atoms with E-state index >= 15 is 0 Å². The van der Waals surface area contributed by atoms with Gasteiger partial charge < -0.3 is 0 Å². The maximum absolute atomic E-state index is 5.41. The minimum atomic E-state index is 0.0281. The number of thiophene rings is 2. The fourth-order valence-corrected chi connectivity index (χ4v) is 15.6. The van der Waals surface area contributed by atoms with E-state index in [0.717, 1.165) is 67.3 Å². The molecule has 6 heteroatoms. The molecular weight excluding hydrogens is 1030 g/mol. The topological polar surface area (TPSA) is 51.6 Å². The van der Waals surface area contributed by atoms with E-state index < -0.39 is 0 Å². The van der Waals surface area contributed by atoms with Crippen molar-refractivity contribution in [3.05, 3.63) is 300 Å². The van der Waals surface area contributed by atoms with Gasteiger partial charge in [0.15, 0.2) is 11.6 Å². The molecule has 2 bridgehead atoms. The molecule has 3 aliphatic rings. The summed E-state index contributed by atoms with van der Waals surface area (Å²) >= 11 is 3.70. The lowest BCUT2D eigenvalue weighted by molar-refractivity contribution is 0.755. The maximum Gasteiger partial charge on any atom is 0.160 e. The number of hydrogen-bond acceptors (Lipinski definition) is 6. The summed E-state index contributed by atoms with van der Waals surface area (Å²) in [7, 11) is 0. The Kier molecular flexibility index (Phi) is 10.8. The van der Waals surface area contributed by atoms with Crippen molar-refractivity contribution in [2.24, 2.45) is 0 Å². The van der Waals surface area contributed by atoms with E-state index in [1.165, 1.54) is 84.9 Å². The van der Waals surface area contributed by atoms with Crippen LogP contribution in [0.5, 0.6) is 0 Å². The van der Waals surface area contributed by atoms with E-state index in [1.54, 1.807) is 0 Å². The number of hydrogen-bond donors (Lipinski definition) is 0. The van der Waals surface area contributed by atoms with Gasteiger partial charge in [0, 0.05) is 85.6 Å². The average molecular weight is 1080 g/mol. The Balaban J connectivity index is 0.797. The molecule has 3 aliphatic carbocycles. The summed E-state index contributed by atoms with van der Waals surface area (Å²) < 4.78 is 5.13. The Morgan fingerprint density at radius 2 is 0.585 bits per heavy atom. The second-order valence-corrected chi connectivity index (χ2v) is 23.7. The van der Waals surface area contributed by atoms with Gasteiger partial charge in [0.2, 0.25) is 0 Å². The first-order valence-electron chi connectivity index (χ1n) is 27.9. The van der Waals surface area contributed by atoms with Gasteiger partial charge in [0.25, 0.3) is 0 Å². The van der Waals surface area contributed by atoms with Gasteiger partial charge in [-0.25, -0.2) is 19.9 Å². The molecule has 18 rings (SSSR count). The molecular formula is C76H46N4S2. The smallest absolute Gasteiger partial charge is 0.160 e. The van der Waals surface area contributed by atoms with Crippen molar-refractivity contribution >= 4 is 63.0 Å². The third-order valence-electron chi connectivity index (χ3n) is 16.9. The van der Waals surface area contributed by atoms with E-state index in [4.69, 9.17) is 19.9 Å². The molecule has 0 spiro atoms. The van der Waals surface area contributed by atoms with Gasteiger partial charge in [-0.05, 0) is 104 Å². The van der Waals surface area contributed by atoms with Gasteiger partial charge in [0.1, 0.15) is 0 Å².